The van der Waals surface area contributed by atoms with Crippen LogP contribution in [-0.4, -0.2) is 28.5 Å². The Morgan fingerprint density at radius 2 is 1.76 bits per heavy atom. The van der Waals surface area contributed by atoms with Gasteiger partial charge in [-0.05, 0) is 44.9 Å². The van der Waals surface area contributed by atoms with Crippen molar-refractivity contribution in [1.29, 1.82) is 0 Å². The Morgan fingerprint density at radius 3 is 2.38 bits per heavy atom. The van der Waals surface area contributed by atoms with E-state index in [-0.39, 0.29) is 11.2 Å². The summed E-state index contributed by atoms with van der Waals surface area (Å²) in [4.78, 5) is 30.5. The van der Waals surface area contributed by atoms with Crippen molar-refractivity contribution in [3.8, 4) is 5.95 Å². The second-order valence-electron chi connectivity index (χ2n) is 7.33. The quantitative estimate of drug-likeness (QED) is 0.533. The van der Waals surface area contributed by atoms with Gasteiger partial charge in [0.1, 0.15) is 0 Å². The topological polar surface area (TPSA) is 79.6 Å². The molecule has 0 saturated heterocycles. The van der Waals surface area contributed by atoms with E-state index in [0.717, 1.165) is 22.5 Å². The molecule has 4 rings (SSSR count). The fraction of sp³-hybridized carbons (Fsp3) is 0.333. The highest BCUT2D eigenvalue weighted by Gasteiger charge is 2.22. The van der Waals surface area contributed by atoms with E-state index in [0.29, 0.717) is 30.2 Å². The Balaban J connectivity index is 2.12. The van der Waals surface area contributed by atoms with Gasteiger partial charge in [-0.1, -0.05) is 24.3 Å². The van der Waals surface area contributed by atoms with E-state index in [4.69, 9.17) is 4.98 Å². The zero-order valence-corrected chi connectivity index (χ0v) is 17.3. The van der Waals surface area contributed by atoms with Crippen LogP contribution in [0, 0.1) is 20.8 Å². The van der Waals surface area contributed by atoms with Crippen LogP contribution in [0.2, 0.25) is 0 Å². The van der Waals surface area contributed by atoms with Gasteiger partial charge in [-0.15, -0.1) is 0 Å². The van der Waals surface area contributed by atoms with Gasteiger partial charge in [-0.25, -0.2) is 9.48 Å². The molecule has 0 N–H and O–H groups in total. The molecule has 8 nitrogen and oxygen atoms in total. The number of hydrogen-bond acceptors (Lipinski definition) is 4. The van der Waals surface area contributed by atoms with Crippen LogP contribution in [0.3, 0.4) is 0 Å². The highest BCUT2D eigenvalue weighted by atomic mass is 16.2. The molecule has 0 spiro atoms. The van der Waals surface area contributed by atoms with Crippen molar-refractivity contribution in [2.45, 2.75) is 40.8 Å². The summed E-state index contributed by atoms with van der Waals surface area (Å²) in [5.41, 5.74) is 4.02. The normalized spacial score (nSPS) is 11.5. The summed E-state index contributed by atoms with van der Waals surface area (Å²) in [7, 11) is 1.65. The van der Waals surface area contributed by atoms with Crippen molar-refractivity contribution in [2.75, 3.05) is 0 Å². The average molecular weight is 392 g/mol. The molecule has 0 atom stereocenters. The van der Waals surface area contributed by atoms with Crippen LogP contribution in [0.5, 0.6) is 0 Å². The summed E-state index contributed by atoms with van der Waals surface area (Å²) < 4.78 is 6.27. The molecule has 150 valence electrons. The standard InChI is InChI=1S/C21H24N6O2/c1-6-25-19(28)17-18(24(5)21(25)29)22-20(27-15(4)11-14(3)23-27)26(17)12-16-10-8-7-9-13(16)2/h7-11H,6,12H2,1-5H3. The number of rotatable bonds is 4. The SMILES string of the molecule is CCn1c(=O)c2c(nc(-n3nc(C)cc3C)n2Cc2ccccc2C)n(C)c1=O. The van der Waals surface area contributed by atoms with Crippen LogP contribution < -0.4 is 11.2 Å². The minimum absolute atomic E-state index is 0.298. The molecule has 29 heavy (non-hydrogen) atoms. The van der Waals surface area contributed by atoms with E-state index in [1.165, 1.54) is 9.13 Å². The Hall–Kier alpha value is -3.42. The zero-order chi connectivity index (χ0) is 20.9. The molecule has 8 heteroatoms. The highest BCUT2D eigenvalue weighted by Crippen LogP contribution is 2.20. The van der Waals surface area contributed by atoms with Crippen LogP contribution in [-0.2, 0) is 20.1 Å². The number of nitrogens with zero attached hydrogens (tertiary/aromatic N) is 6. The Labute approximate surface area is 167 Å². The fourth-order valence-electron chi connectivity index (χ4n) is 3.74. The van der Waals surface area contributed by atoms with Crippen LogP contribution in [0.1, 0.15) is 29.4 Å². The van der Waals surface area contributed by atoms with E-state index in [2.05, 4.69) is 5.10 Å². The lowest BCUT2D eigenvalue weighted by atomic mass is 10.1. The largest absolute Gasteiger partial charge is 0.332 e. The average Bonchev–Trinajstić information content (AvgIpc) is 3.22. The second-order valence-corrected chi connectivity index (χ2v) is 7.33. The van der Waals surface area contributed by atoms with E-state index >= 15 is 0 Å². The van der Waals surface area contributed by atoms with Crippen molar-refractivity contribution < 1.29 is 0 Å². The first-order valence-corrected chi connectivity index (χ1v) is 9.61. The van der Waals surface area contributed by atoms with Gasteiger partial charge in [-0.3, -0.25) is 18.5 Å². The summed E-state index contributed by atoms with van der Waals surface area (Å²) in [6.07, 6.45) is 0. The molecular formula is C21H24N6O2. The summed E-state index contributed by atoms with van der Waals surface area (Å²) in [5, 5.41) is 4.56. The summed E-state index contributed by atoms with van der Waals surface area (Å²) in [6.45, 7) is 8.44. The minimum Gasteiger partial charge on any atom is -0.298 e. The van der Waals surface area contributed by atoms with Gasteiger partial charge < -0.3 is 0 Å². The fourth-order valence-corrected chi connectivity index (χ4v) is 3.74. The second kappa shape index (κ2) is 6.88. The van der Waals surface area contributed by atoms with Crippen LogP contribution in [0.15, 0.2) is 39.9 Å². The van der Waals surface area contributed by atoms with Gasteiger partial charge in [0.2, 0.25) is 5.95 Å². The molecule has 4 aromatic rings. The zero-order valence-electron chi connectivity index (χ0n) is 17.3. The van der Waals surface area contributed by atoms with Gasteiger partial charge in [0, 0.05) is 19.3 Å². The van der Waals surface area contributed by atoms with Crippen molar-refractivity contribution in [3.05, 3.63) is 73.7 Å². The molecule has 3 aromatic heterocycles. The number of aromatic nitrogens is 6. The number of imidazole rings is 1. The van der Waals surface area contributed by atoms with Gasteiger partial charge >= 0.3 is 5.69 Å². The number of benzene rings is 1. The van der Waals surface area contributed by atoms with Crippen molar-refractivity contribution in [3.63, 3.8) is 0 Å². The number of aryl methyl sites for hydroxylation is 4. The van der Waals surface area contributed by atoms with Gasteiger partial charge in [0.25, 0.3) is 5.56 Å². The molecule has 0 radical (unpaired) electrons. The van der Waals surface area contributed by atoms with E-state index in [1.54, 1.807) is 18.7 Å². The maximum atomic E-state index is 13.2. The maximum absolute atomic E-state index is 13.2. The predicted molar refractivity (Wildman–Crippen MR) is 112 cm³/mol. The van der Waals surface area contributed by atoms with Crippen LogP contribution in [0.4, 0.5) is 0 Å². The molecule has 3 heterocycles. The van der Waals surface area contributed by atoms with Crippen molar-refractivity contribution in [2.24, 2.45) is 7.05 Å². The van der Waals surface area contributed by atoms with Gasteiger partial charge in [0.15, 0.2) is 11.2 Å². The summed E-state index contributed by atoms with van der Waals surface area (Å²) >= 11 is 0. The first-order chi connectivity index (χ1) is 13.8. The minimum atomic E-state index is -0.370. The number of hydrogen-bond donors (Lipinski definition) is 0. The third-order valence-corrected chi connectivity index (χ3v) is 5.32. The Kier molecular flexibility index (Phi) is 4.49. The molecule has 0 fully saturated rings. The van der Waals surface area contributed by atoms with Crippen molar-refractivity contribution in [1.82, 2.24) is 28.5 Å². The summed E-state index contributed by atoms with van der Waals surface area (Å²) in [6, 6.07) is 10.00. The van der Waals surface area contributed by atoms with E-state index in [9.17, 15) is 9.59 Å². The van der Waals surface area contributed by atoms with E-state index in [1.807, 2.05) is 55.7 Å². The predicted octanol–water partition coefficient (Wildman–Crippen LogP) is 2.08. The van der Waals surface area contributed by atoms with Gasteiger partial charge in [0.05, 0.1) is 12.2 Å². The summed E-state index contributed by atoms with van der Waals surface area (Å²) in [5.74, 6) is 0.523. The van der Waals surface area contributed by atoms with Crippen LogP contribution in [0.25, 0.3) is 17.1 Å². The monoisotopic (exact) mass is 392 g/mol. The Morgan fingerprint density at radius 1 is 1.03 bits per heavy atom. The third-order valence-electron chi connectivity index (χ3n) is 5.32. The molecule has 0 aliphatic carbocycles. The molecule has 0 aliphatic rings. The lowest BCUT2D eigenvalue weighted by Gasteiger charge is -2.12. The van der Waals surface area contributed by atoms with Gasteiger partial charge in [-0.2, -0.15) is 10.1 Å². The molecule has 0 saturated carbocycles. The molecular weight excluding hydrogens is 368 g/mol. The van der Waals surface area contributed by atoms with E-state index < -0.39 is 0 Å². The third kappa shape index (κ3) is 2.91. The maximum Gasteiger partial charge on any atom is 0.332 e. The molecule has 0 aliphatic heterocycles. The molecule has 0 amide bonds. The smallest absolute Gasteiger partial charge is 0.298 e. The Bertz CT molecular complexity index is 1350. The lowest BCUT2D eigenvalue weighted by molar-refractivity contribution is 0.633. The highest BCUT2D eigenvalue weighted by molar-refractivity contribution is 5.73. The molecule has 0 unspecified atom stereocenters. The molecule has 1 aromatic carbocycles. The van der Waals surface area contributed by atoms with Crippen LogP contribution >= 0.6 is 0 Å². The number of fused-ring (bicyclic) bond motifs is 1. The lowest BCUT2D eigenvalue weighted by Crippen LogP contribution is -2.39. The first kappa shape index (κ1) is 18.9. The molecule has 0 bridgehead atoms. The van der Waals surface area contributed by atoms with Crippen molar-refractivity contribution >= 4 is 11.2 Å². The first-order valence-electron chi connectivity index (χ1n) is 9.61.